The zero-order valence-corrected chi connectivity index (χ0v) is 19.4. The molecular weight excluding hydrogens is 461 g/mol. The van der Waals surface area contributed by atoms with Gasteiger partial charge in [-0.3, -0.25) is 9.69 Å². The number of nitrogens with zero attached hydrogens (tertiary/aromatic N) is 1. The number of anilines is 2. The topological polar surface area (TPSA) is 81.7 Å². The van der Waals surface area contributed by atoms with Gasteiger partial charge in [0, 0.05) is 11.6 Å². The van der Waals surface area contributed by atoms with Gasteiger partial charge in [-0.05, 0) is 49.6 Å². The average molecular weight is 484 g/mol. The first-order valence-corrected chi connectivity index (χ1v) is 11.3. The molecule has 33 heavy (non-hydrogen) atoms. The summed E-state index contributed by atoms with van der Waals surface area (Å²) < 4.78 is 0. The Morgan fingerprint density at radius 3 is 2.48 bits per heavy atom. The molecule has 0 saturated heterocycles. The van der Waals surface area contributed by atoms with Gasteiger partial charge in [-0.25, -0.2) is 4.79 Å². The first-order chi connectivity index (χ1) is 15.8. The maximum atomic E-state index is 13.5. The van der Waals surface area contributed by atoms with E-state index in [1.54, 1.807) is 24.3 Å². The maximum Gasteiger partial charge on any atom is 0.329 e. The van der Waals surface area contributed by atoms with E-state index in [1.807, 2.05) is 37.3 Å². The molecule has 0 fully saturated rings. The third kappa shape index (κ3) is 4.55. The number of benzene rings is 3. The number of carbonyl (C=O) groups excluding carboxylic acids is 2. The van der Waals surface area contributed by atoms with Gasteiger partial charge in [0.2, 0.25) is 0 Å². The van der Waals surface area contributed by atoms with Crippen molar-refractivity contribution in [1.29, 1.82) is 0 Å². The van der Waals surface area contributed by atoms with Gasteiger partial charge >= 0.3 is 6.03 Å². The number of halogens is 2. The minimum atomic E-state index is -2.29. The molecule has 1 aliphatic rings. The number of amides is 3. The van der Waals surface area contributed by atoms with Crippen LogP contribution >= 0.6 is 23.2 Å². The van der Waals surface area contributed by atoms with Crippen molar-refractivity contribution >= 4 is 46.5 Å². The molecule has 2 unspecified atom stereocenters. The van der Waals surface area contributed by atoms with Crippen LogP contribution in [0, 0.1) is 0 Å². The van der Waals surface area contributed by atoms with Crippen molar-refractivity contribution in [3.05, 3.63) is 94.0 Å². The quantitative estimate of drug-likeness (QED) is 0.443. The molecule has 170 valence electrons. The lowest BCUT2D eigenvalue weighted by Crippen LogP contribution is -2.63. The number of hydrogen-bond donors (Lipinski definition) is 3. The highest BCUT2D eigenvalue weighted by atomic mass is 35.5. The van der Waals surface area contributed by atoms with Crippen LogP contribution < -0.4 is 15.5 Å². The molecule has 3 N–H and O–H groups in total. The molecular formula is C25H23Cl2N3O3. The SMILES string of the molecule is CC(CCc1ccccc1)NC(=O)C1(O)c2ccccc2NC(=O)N1c1ccc(Cl)c(Cl)c1. The molecule has 0 radical (unpaired) electrons. The van der Waals surface area contributed by atoms with Crippen LogP contribution in [0.3, 0.4) is 0 Å². The van der Waals surface area contributed by atoms with E-state index in [9.17, 15) is 14.7 Å². The number of aliphatic hydroxyl groups is 1. The summed E-state index contributed by atoms with van der Waals surface area (Å²) in [7, 11) is 0. The van der Waals surface area contributed by atoms with E-state index in [4.69, 9.17) is 23.2 Å². The first-order valence-electron chi connectivity index (χ1n) is 10.5. The summed E-state index contributed by atoms with van der Waals surface area (Å²) in [5, 5.41) is 17.9. The van der Waals surface area contributed by atoms with E-state index in [1.165, 1.54) is 18.2 Å². The molecule has 1 heterocycles. The number of urea groups is 1. The largest absolute Gasteiger partial charge is 0.359 e. The molecule has 0 spiro atoms. The Bertz CT molecular complexity index is 1190. The number of aryl methyl sites for hydroxylation is 1. The third-order valence-corrected chi connectivity index (χ3v) is 6.37. The Labute approximate surface area is 202 Å². The van der Waals surface area contributed by atoms with Crippen molar-refractivity contribution in [1.82, 2.24) is 5.32 Å². The summed E-state index contributed by atoms with van der Waals surface area (Å²) in [6, 6.07) is 20.1. The van der Waals surface area contributed by atoms with Crippen molar-refractivity contribution in [2.45, 2.75) is 31.5 Å². The minimum Gasteiger partial charge on any atom is -0.359 e. The lowest BCUT2D eigenvalue weighted by Gasteiger charge is -2.43. The first kappa shape index (κ1) is 23.1. The third-order valence-electron chi connectivity index (χ3n) is 5.64. The minimum absolute atomic E-state index is 0.194. The molecule has 0 bridgehead atoms. The molecule has 2 atom stereocenters. The van der Waals surface area contributed by atoms with E-state index in [-0.39, 0.29) is 22.3 Å². The van der Waals surface area contributed by atoms with Gasteiger partial charge in [-0.1, -0.05) is 71.7 Å². The average Bonchev–Trinajstić information content (AvgIpc) is 2.80. The van der Waals surface area contributed by atoms with E-state index >= 15 is 0 Å². The summed E-state index contributed by atoms with van der Waals surface area (Å²) in [5.74, 6) is -0.712. The van der Waals surface area contributed by atoms with Crippen LogP contribution in [0.5, 0.6) is 0 Å². The van der Waals surface area contributed by atoms with Crippen molar-refractivity contribution < 1.29 is 14.7 Å². The van der Waals surface area contributed by atoms with Crippen LogP contribution in [-0.4, -0.2) is 23.1 Å². The van der Waals surface area contributed by atoms with Crippen LogP contribution in [0.1, 0.15) is 24.5 Å². The van der Waals surface area contributed by atoms with Crippen LogP contribution in [-0.2, 0) is 16.9 Å². The Morgan fingerprint density at radius 2 is 1.76 bits per heavy atom. The fraction of sp³-hybridized carbons (Fsp3) is 0.200. The lowest BCUT2D eigenvalue weighted by atomic mass is 9.94. The number of hydrogen-bond acceptors (Lipinski definition) is 3. The molecule has 3 amide bonds. The molecule has 0 aromatic heterocycles. The van der Waals surface area contributed by atoms with Crippen molar-refractivity contribution in [3.63, 3.8) is 0 Å². The van der Waals surface area contributed by atoms with E-state index in [2.05, 4.69) is 10.6 Å². The second-order valence-electron chi connectivity index (χ2n) is 7.98. The second kappa shape index (κ2) is 9.43. The molecule has 6 nitrogen and oxygen atoms in total. The number of rotatable bonds is 6. The molecule has 3 aromatic rings. The predicted octanol–water partition coefficient (Wildman–Crippen LogP) is 5.33. The fourth-order valence-electron chi connectivity index (χ4n) is 3.91. The number of carbonyl (C=O) groups is 2. The summed E-state index contributed by atoms with van der Waals surface area (Å²) in [6.45, 7) is 1.86. The Kier molecular flexibility index (Phi) is 6.61. The number of nitrogens with one attached hydrogen (secondary N) is 2. The van der Waals surface area contributed by atoms with Gasteiger partial charge in [-0.15, -0.1) is 0 Å². The van der Waals surface area contributed by atoms with Crippen molar-refractivity contribution in [2.24, 2.45) is 0 Å². The molecule has 0 saturated carbocycles. The Balaban J connectivity index is 1.66. The van der Waals surface area contributed by atoms with Crippen LogP contribution in [0.25, 0.3) is 0 Å². The highest BCUT2D eigenvalue weighted by molar-refractivity contribution is 6.42. The number of fused-ring (bicyclic) bond motifs is 1. The Morgan fingerprint density at radius 1 is 1.06 bits per heavy atom. The van der Waals surface area contributed by atoms with Crippen molar-refractivity contribution in [2.75, 3.05) is 10.2 Å². The van der Waals surface area contributed by atoms with E-state index in [0.717, 1.165) is 16.9 Å². The maximum absolute atomic E-state index is 13.5. The molecule has 8 heteroatoms. The van der Waals surface area contributed by atoms with Crippen molar-refractivity contribution in [3.8, 4) is 0 Å². The van der Waals surface area contributed by atoms with Gasteiger partial charge in [0.15, 0.2) is 0 Å². The highest BCUT2D eigenvalue weighted by Gasteiger charge is 2.52. The Hall–Kier alpha value is -3.06. The zero-order chi connectivity index (χ0) is 23.6. The van der Waals surface area contributed by atoms with Gasteiger partial charge < -0.3 is 15.7 Å². The predicted molar refractivity (Wildman–Crippen MR) is 131 cm³/mol. The molecule has 0 aliphatic carbocycles. The highest BCUT2D eigenvalue weighted by Crippen LogP contribution is 2.41. The molecule has 4 rings (SSSR count). The van der Waals surface area contributed by atoms with Gasteiger partial charge in [0.25, 0.3) is 11.6 Å². The van der Waals surface area contributed by atoms with E-state index < -0.39 is 17.7 Å². The fourth-order valence-corrected chi connectivity index (χ4v) is 4.20. The summed E-state index contributed by atoms with van der Waals surface area (Å²) in [5.41, 5.74) is -0.308. The van der Waals surface area contributed by atoms with Crippen LogP contribution in [0.4, 0.5) is 16.2 Å². The van der Waals surface area contributed by atoms with Gasteiger partial charge in [-0.2, -0.15) is 0 Å². The smallest absolute Gasteiger partial charge is 0.329 e. The lowest BCUT2D eigenvalue weighted by molar-refractivity contribution is -0.141. The summed E-state index contributed by atoms with van der Waals surface area (Å²) >= 11 is 12.2. The second-order valence-corrected chi connectivity index (χ2v) is 8.79. The van der Waals surface area contributed by atoms with Crippen LogP contribution in [0.15, 0.2) is 72.8 Å². The number of para-hydroxylation sites is 1. The van der Waals surface area contributed by atoms with Gasteiger partial charge in [0.05, 0.1) is 21.4 Å². The van der Waals surface area contributed by atoms with Crippen LogP contribution in [0.2, 0.25) is 10.0 Å². The summed E-state index contributed by atoms with van der Waals surface area (Å²) in [4.78, 5) is 27.6. The summed E-state index contributed by atoms with van der Waals surface area (Å²) in [6.07, 6.45) is 1.42. The zero-order valence-electron chi connectivity index (χ0n) is 17.9. The standard InChI is InChI=1S/C25H23Cl2N3O3/c1-16(11-12-17-7-3-2-4-8-17)28-23(31)25(33)19-9-5-6-10-22(19)29-24(32)30(25)18-13-14-20(26)21(27)15-18/h2-10,13-16,33H,11-12H2,1H3,(H,28,31)(H,29,32). The monoisotopic (exact) mass is 483 g/mol. The van der Waals surface area contributed by atoms with E-state index in [0.29, 0.717) is 17.1 Å². The molecule has 1 aliphatic heterocycles. The molecule has 3 aromatic carbocycles. The van der Waals surface area contributed by atoms with Gasteiger partial charge in [0.1, 0.15) is 0 Å². The normalized spacial score (nSPS) is 18.3.